The third kappa shape index (κ3) is 5.80. The average Bonchev–Trinajstić information content (AvgIpc) is 3.24. The molecule has 1 aromatic carbocycles. The van der Waals surface area contributed by atoms with Crippen molar-refractivity contribution < 1.29 is 18.0 Å². The maximum absolute atomic E-state index is 12.8. The van der Waals surface area contributed by atoms with Crippen LogP contribution in [0.2, 0.25) is 5.02 Å². The van der Waals surface area contributed by atoms with Crippen LogP contribution in [0, 0.1) is 5.92 Å². The van der Waals surface area contributed by atoms with Crippen molar-refractivity contribution in [1.29, 1.82) is 0 Å². The third-order valence-electron chi connectivity index (χ3n) is 5.28. The number of anilines is 2. The summed E-state index contributed by atoms with van der Waals surface area (Å²) in [5, 5.41) is 6.60. The molecular weight excluding hydrogens is 472 g/mol. The van der Waals surface area contributed by atoms with E-state index in [-0.39, 0.29) is 28.6 Å². The molecule has 1 fully saturated rings. The zero-order valence-electron chi connectivity index (χ0n) is 18.0. The van der Waals surface area contributed by atoms with E-state index >= 15 is 0 Å². The molecule has 1 atom stereocenters. The summed E-state index contributed by atoms with van der Waals surface area (Å²) in [6, 6.07) is 9.67. The highest BCUT2D eigenvalue weighted by atomic mass is 35.5. The van der Waals surface area contributed by atoms with E-state index in [1.54, 1.807) is 49.1 Å². The van der Waals surface area contributed by atoms with Crippen molar-refractivity contribution in [2.75, 3.05) is 36.8 Å². The van der Waals surface area contributed by atoms with Gasteiger partial charge in [-0.2, -0.15) is 4.31 Å². The Morgan fingerprint density at radius 2 is 1.94 bits per heavy atom. The van der Waals surface area contributed by atoms with Crippen molar-refractivity contribution in [2.24, 2.45) is 5.92 Å². The highest BCUT2D eigenvalue weighted by Crippen LogP contribution is 2.29. The number of piperidine rings is 1. The van der Waals surface area contributed by atoms with Crippen molar-refractivity contribution in [3.8, 4) is 0 Å². The third-order valence-corrected chi connectivity index (χ3v) is 9.04. The molecule has 3 amide bonds. The maximum Gasteiger partial charge on any atom is 0.322 e. The molecule has 0 spiro atoms. The lowest BCUT2D eigenvalue weighted by atomic mass is 9.97. The Bertz CT molecular complexity index is 1070. The van der Waals surface area contributed by atoms with E-state index < -0.39 is 10.0 Å². The summed E-state index contributed by atoms with van der Waals surface area (Å²) in [6.45, 7) is 5.14. The Kier molecular flexibility index (Phi) is 8.16. The zero-order chi connectivity index (χ0) is 23.3. The number of hydrogen-bond donors (Lipinski definition) is 2. The zero-order valence-corrected chi connectivity index (χ0v) is 20.4. The lowest BCUT2D eigenvalue weighted by Crippen LogP contribution is -2.45. The maximum atomic E-state index is 12.8. The fourth-order valence-corrected chi connectivity index (χ4v) is 6.59. The van der Waals surface area contributed by atoms with E-state index in [0.29, 0.717) is 48.2 Å². The van der Waals surface area contributed by atoms with Crippen LogP contribution in [0.25, 0.3) is 0 Å². The largest absolute Gasteiger partial charge is 0.326 e. The number of thiophene rings is 1. The second kappa shape index (κ2) is 10.7. The highest BCUT2D eigenvalue weighted by molar-refractivity contribution is 7.91. The number of sulfonamides is 1. The van der Waals surface area contributed by atoms with Crippen LogP contribution in [0.4, 0.5) is 15.5 Å². The Labute approximate surface area is 197 Å². The van der Waals surface area contributed by atoms with Gasteiger partial charge in [-0.25, -0.2) is 13.2 Å². The van der Waals surface area contributed by atoms with Crippen LogP contribution in [-0.2, 0) is 14.8 Å². The Morgan fingerprint density at radius 3 is 2.62 bits per heavy atom. The minimum Gasteiger partial charge on any atom is -0.326 e. The minimum atomic E-state index is -3.57. The minimum absolute atomic E-state index is 0.159. The first-order chi connectivity index (χ1) is 15.2. The molecule has 1 aliphatic rings. The lowest BCUT2D eigenvalue weighted by molar-refractivity contribution is -0.121. The van der Waals surface area contributed by atoms with E-state index in [2.05, 4.69) is 10.6 Å². The topological polar surface area (TPSA) is 98.8 Å². The second-order valence-electron chi connectivity index (χ2n) is 7.42. The molecule has 174 valence electrons. The summed E-state index contributed by atoms with van der Waals surface area (Å²) in [7, 11) is -3.57. The number of likely N-dealkylation sites (tertiary alicyclic amines) is 1. The molecule has 0 saturated carbocycles. The molecule has 11 heteroatoms. The number of rotatable bonds is 7. The number of benzene rings is 1. The van der Waals surface area contributed by atoms with Gasteiger partial charge in [-0.1, -0.05) is 31.5 Å². The number of nitrogens with one attached hydrogen (secondary N) is 2. The number of nitrogens with zero attached hydrogens (tertiary/aromatic N) is 2. The van der Waals surface area contributed by atoms with E-state index in [9.17, 15) is 18.0 Å². The predicted molar refractivity (Wildman–Crippen MR) is 128 cm³/mol. The van der Waals surface area contributed by atoms with Gasteiger partial charge in [0.15, 0.2) is 0 Å². The predicted octanol–water partition coefficient (Wildman–Crippen LogP) is 4.31. The second-order valence-corrected chi connectivity index (χ2v) is 11.1. The first-order valence-electron chi connectivity index (χ1n) is 10.5. The molecule has 0 aliphatic carbocycles. The van der Waals surface area contributed by atoms with Gasteiger partial charge in [0.2, 0.25) is 5.91 Å². The van der Waals surface area contributed by atoms with E-state index in [1.807, 2.05) is 0 Å². The molecule has 32 heavy (non-hydrogen) atoms. The molecule has 0 radical (unpaired) electrons. The van der Waals surface area contributed by atoms with Crippen LogP contribution in [0.5, 0.6) is 0 Å². The van der Waals surface area contributed by atoms with Crippen LogP contribution < -0.4 is 10.6 Å². The van der Waals surface area contributed by atoms with E-state index in [4.69, 9.17) is 11.6 Å². The van der Waals surface area contributed by atoms with Gasteiger partial charge in [0, 0.05) is 36.9 Å². The Morgan fingerprint density at radius 1 is 1.19 bits per heavy atom. The Balaban J connectivity index is 1.61. The van der Waals surface area contributed by atoms with Gasteiger partial charge in [-0.3, -0.25) is 10.1 Å². The number of carbonyl (C=O) groups excluding carboxylic acids is 2. The smallest absolute Gasteiger partial charge is 0.322 e. The van der Waals surface area contributed by atoms with Gasteiger partial charge in [-0.15, -0.1) is 11.3 Å². The number of carbonyl (C=O) groups is 2. The van der Waals surface area contributed by atoms with Gasteiger partial charge in [0.25, 0.3) is 10.0 Å². The van der Waals surface area contributed by atoms with E-state index in [1.165, 1.54) is 10.4 Å². The molecule has 1 aromatic heterocycles. The number of hydrogen-bond acceptors (Lipinski definition) is 5. The van der Waals surface area contributed by atoms with Gasteiger partial charge < -0.3 is 10.2 Å². The molecule has 1 unspecified atom stereocenters. The summed E-state index contributed by atoms with van der Waals surface area (Å²) < 4.78 is 26.9. The van der Waals surface area contributed by atoms with Gasteiger partial charge in [0.05, 0.1) is 10.9 Å². The van der Waals surface area contributed by atoms with Crippen molar-refractivity contribution in [3.63, 3.8) is 0 Å². The van der Waals surface area contributed by atoms with Crippen LogP contribution in [-0.4, -0.2) is 55.7 Å². The summed E-state index contributed by atoms with van der Waals surface area (Å²) in [5.41, 5.74) is 0.615. The average molecular weight is 499 g/mol. The lowest BCUT2D eigenvalue weighted by Gasteiger charge is -2.31. The molecule has 1 aliphatic heterocycles. The molecule has 2 heterocycles. The molecule has 3 rings (SSSR count). The van der Waals surface area contributed by atoms with Crippen molar-refractivity contribution in [1.82, 2.24) is 9.21 Å². The van der Waals surface area contributed by atoms with Crippen LogP contribution in [0.1, 0.15) is 26.7 Å². The summed E-state index contributed by atoms with van der Waals surface area (Å²) in [4.78, 5) is 27.0. The van der Waals surface area contributed by atoms with Crippen molar-refractivity contribution in [2.45, 2.75) is 30.9 Å². The number of urea groups is 1. The molecule has 8 nitrogen and oxygen atoms in total. The summed E-state index contributed by atoms with van der Waals surface area (Å²) in [6.07, 6.45) is 1.38. The summed E-state index contributed by atoms with van der Waals surface area (Å²) in [5.74, 6) is -0.496. The normalized spacial score (nSPS) is 16.8. The molecule has 1 saturated heterocycles. The highest BCUT2D eigenvalue weighted by Gasteiger charge is 2.29. The van der Waals surface area contributed by atoms with Crippen molar-refractivity contribution in [3.05, 3.63) is 41.4 Å². The first kappa shape index (κ1) is 24.5. The van der Waals surface area contributed by atoms with Gasteiger partial charge >= 0.3 is 6.03 Å². The van der Waals surface area contributed by atoms with Crippen molar-refractivity contribution >= 4 is 55.6 Å². The van der Waals surface area contributed by atoms with Gasteiger partial charge in [-0.05, 0) is 43.2 Å². The fourth-order valence-electron chi connectivity index (χ4n) is 3.59. The first-order valence-corrected chi connectivity index (χ1v) is 13.1. The summed E-state index contributed by atoms with van der Waals surface area (Å²) >= 11 is 6.99. The molecular formula is C21H27ClN4O4S2. The number of halogens is 1. The van der Waals surface area contributed by atoms with Gasteiger partial charge in [0.1, 0.15) is 4.21 Å². The Hall–Kier alpha value is -2.14. The quantitative estimate of drug-likeness (QED) is 0.594. The SMILES string of the molecule is CCN(CC)S(=O)(=O)c1ccc(NC(=O)N2CCCC(C(=O)Nc3cccc(Cl)c3)C2)s1. The van der Waals surface area contributed by atoms with Crippen LogP contribution in [0.15, 0.2) is 40.6 Å². The molecule has 2 N–H and O–H groups in total. The van der Waals surface area contributed by atoms with E-state index in [0.717, 1.165) is 11.3 Å². The van der Waals surface area contributed by atoms with Crippen LogP contribution in [0.3, 0.4) is 0 Å². The standard InChI is InChI=1S/C21H27ClN4O4S2/c1-3-26(4-2)32(29,30)19-11-10-18(31-19)24-21(28)25-12-6-7-15(14-25)20(27)23-17-9-5-8-16(22)13-17/h5,8-11,13,15H,3-4,6-7,12,14H2,1-2H3,(H,23,27)(H,24,28). The monoisotopic (exact) mass is 498 g/mol. The molecule has 2 aromatic rings. The number of amides is 3. The fraction of sp³-hybridized carbons (Fsp3) is 0.429. The van der Waals surface area contributed by atoms with Crippen LogP contribution >= 0.6 is 22.9 Å². The molecule has 0 bridgehead atoms.